The van der Waals surface area contributed by atoms with E-state index >= 15 is 0 Å². The van der Waals surface area contributed by atoms with Gasteiger partial charge in [-0.2, -0.15) is 13.9 Å². The van der Waals surface area contributed by atoms with Crippen LogP contribution in [0.2, 0.25) is 0 Å². The van der Waals surface area contributed by atoms with E-state index in [0.29, 0.717) is 34.4 Å². The Morgan fingerprint density at radius 1 is 1.17 bits per heavy atom. The van der Waals surface area contributed by atoms with Crippen LogP contribution in [-0.4, -0.2) is 53.3 Å². The highest BCUT2D eigenvalue weighted by Gasteiger charge is 2.37. The number of aromatic amines is 1. The van der Waals surface area contributed by atoms with Gasteiger partial charge in [0, 0.05) is 35.6 Å². The fraction of sp³-hybridized carbons (Fsp3) is 0.227. The van der Waals surface area contributed by atoms with Crippen LogP contribution in [0.1, 0.15) is 28.3 Å². The number of aromatic nitrogens is 8. The molecule has 0 amide bonds. The molecule has 0 bridgehead atoms. The second-order valence-corrected chi connectivity index (χ2v) is 7.96. The summed E-state index contributed by atoms with van der Waals surface area (Å²) < 4.78 is 44.4. The molecule has 1 aliphatic heterocycles. The van der Waals surface area contributed by atoms with Gasteiger partial charge in [-0.25, -0.2) is 14.5 Å². The number of ether oxygens (including phenoxy) is 3. The van der Waals surface area contributed by atoms with E-state index in [-0.39, 0.29) is 17.4 Å². The molecule has 11 nitrogen and oxygen atoms in total. The van der Waals surface area contributed by atoms with E-state index in [4.69, 9.17) is 14.5 Å². The summed E-state index contributed by atoms with van der Waals surface area (Å²) in [5, 5.41) is 16.2. The van der Waals surface area contributed by atoms with Crippen molar-refractivity contribution < 1.29 is 23.0 Å². The van der Waals surface area contributed by atoms with Crippen LogP contribution in [0.25, 0.3) is 17.0 Å². The maximum absolute atomic E-state index is 12.7. The van der Waals surface area contributed by atoms with Gasteiger partial charge < -0.3 is 14.2 Å². The van der Waals surface area contributed by atoms with Gasteiger partial charge in [0.25, 0.3) is 0 Å². The third-order valence-electron chi connectivity index (χ3n) is 5.81. The van der Waals surface area contributed by atoms with Crippen molar-refractivity contribution >= 4 is 5.65 Å². The number of halogens is 2. The lowest BCUT2D eigenvalue weighted by Crippen LogP contribution is -2.14. The number of rotatable bonds is 5. The Morgan fingerprint density at radius 3 is 2.77 bits per heavy atom. The van der Waals surface area contributed by atoms with Crippen LogP contribution in [0.15, 0.2) is 36.9 Å². The van der Waals surface area contributed by atoms with Crippen molar-refractivity contribution in [2.24, 2.45) is 7.05 Å². The number of aryl methyl sites for hydroxylation is 2. The first-order valence-electron chi connectivity index (χ1n) is 10.5. The monoisotopic (exact) mass is 480 g/mol. The minimum atomic E-state index is -2.97. The number of benzene rings is 1. The average Bonchev–Trinajstić information content (AvgIpc) is 3.56. The molecule has 0 radical (unpaired) electrons. The fourth-order valence-electron chi connectivity index (χ4n) is 4.31. The lowest BCUT2D eigenvalue weighted by atomic mass is 9.86. The third-order valence-corrected chi connectivity index (χ3v) is 5.81. The van der Waals surface area contributed by atoms with E-state index in [0.717, 1.165) is 16.8 Å². The Kier molecular flexibility index (Phi) is 4.65. The molecule has 1 aliphatic rings. The zero-order valence-corrected chi connectivity index (χ0v) is 18.7. The Labute approximate surface area is 196 Å². The molecule has 13 heteroatoms. The average molecular weight is 480 g/mol. The molecule has 0 saturated heterocycles. The van der Waals surface area contributed by atoms with Gasteiger partial charge in [-0.3, -0.25) is 9.78 Å². The fourth-order valence-corrected chi connectivity index (χ4v) is 4.31. The van der Waals surface area contributed by atoms with Crippen molar-refractivity contribution in [2.45, 2.75) is 19.5 Å². The van der Waals surface area contributed by atoms with Gasteiger partial charge in [0.2, 0.25) is 11.8 Å². The lowest BCUT2D eigenvalue weighted by Gasteiger charge is -2.24. The van der Waals surface area contributed by atoms with Crippen molar-refractivity contribution in [3.63, 3.8) is 0 Å². The number of fused-ring (bicyclic) bond motifs is 4. The molecule has 0 aliphatic carbocycles. The number of nitrogens with one attached hydrogen (secondary N) is 1. The van der Waals surface area contributed by atoms with Crippen LogP contribution in [0.3, 0.4) is 0 Å². The first-order chi connectivity index (χ1) is 16.9. The molecule has 5 heterocycles. The predicted octanol–water partition coefficient (Wildman–Crippen LogP) is 3.45. The summed E-state index contributed by atoms with van der Waals surface area (Å²) in [4.78, 5) is 9.22. The molecule has 4 aromatic heterocycles. The highest BCUT2D eigenvalue weighted by Crippen LogP contribution is 2.48. The number of hydrogen-bond acceptors (Lipinski definition) is 8. The summed E-state index contributed by atoms with van der Waals surface area (Å²) in [5.74, 6) is 0.911. The van der Waals surface area contributed by atoms with Gasteiger partial charge in [-0.15, -0.1) is 10.2 Å². The topological polar surface area (TPSA) is 117 Å². The molecular weight excluding hydrogens is 462 g/mol. The van der Waals surface area contributed by atoms with Crippen LogP contribution in [0, 0.1) is 6.92 Å². The summed E-state index contributed by atoms with van der Waals surface area (Å²) >= 11 is 0. The van der Waals surface area contributed by atoms with Gasteiger partial charge in [0.05, 0.1) is 24.8 Å². The molecular formula is C22H18F2N8O3. The molecule has 35 heavy (non-hydrogen) atoms. The van der Waals surface area contributed by atoms with E-state index in [1.54, 1.807) is 27.5 Å². The zero-order valence-electron chi connectivity index (χ0n) is 18.7. The summed E-state index contributed by atoms with van der Waals surface area (Å²) in [6.45, 7) is -1.05. The molecule has 178 valence electrons. The van der Waals surface area contributed by atoms with Crippen LogP contribution in [0.5, 0.6) is 23.3 Å². The van der Waals surface area contributed by atoms with Crippen molar-refractivity contribution in [1.29, 1.82) is 0 Å². The second kappa shape index (κ2) is 7.75. The summed E-state index contributed by atoms with van der Waals surface area (Å²) in [6, 6.07) is 4.52. The van der Waals surface area contributed by atoms with Gasteiger partial charge in [-0.1, -0.05) is 0 Å². The SMILES string of the molecule is COc1cc(-c2nc3c4c(ncn3n2)Oc2n[nH]c(C)c2C4c2cnn(C)c2)ccc1OC(F)F. The molecule has 0 fully saturated rings. The molecule has 1 N–H and O–H groups in total. The number of methoxy groups -OCH3 is 1. The van der Waals surface area contributed by atoms with Crippen LogP contribution in [0.4, 0.5) is 8.78 Å². The summed E-state index contributed by atoms with van der Waals surface area (Å²) in [6.07, 6.45) is 5.20. The predicted molar refractivity (Wildman–Crippen MR) is 117 cm³/mol. The van der Waals surface area contributed by atoms with Crippen LogP contribution in [-0.2, 0) is 7.05 Å². The largest absolute Gasteiger partial charge is 0.493 e. The Morgan fingerprint density at radius 2 is 2.03 bits per heavy atom. The van der Waals surface area contributed by atoms with E-state index in [2.05, 4.69) is 30.1 Å². The quantitative estimate of drug-likeness (QED) is 0.399. The maximum atomic E-state index is 12.7. The van der Waals surface area contributed by atoms with Crippen molar-refractivity contribution in [3.05, 3.63) is 59.3 Å². The van der Waals surface area contributed by atoms with Gasteiger partial charge >= 0.3 is 6.61 Å². The van der Waals surface area contributed by atoms with Gasteiger partial charge in [0.1, 0.15) is 6.33 Å². The molecule has 5 aromatic rings. The van der Waals surface area contributed by atoms with Crippen LogP contribution >= 0.6 is 0 Å². The van der Waals surface area contributed by atoms with Crippen LogP contribution < -0.4 is 14.2 Å². The number of alkyl halides is 2. The summed E-state index contributed by atoms with van der Waals surface area (Å²) in [7, 11) is 3.21. The molecule has 1 unspecified atom stereocenters. The van der Waals surface area contributed by atoms with Crippen molar-refractivity contribution in [2.75, 3.05) is 7.11 Å². The number of H-pyrrole nitrogens is 1. The second-order valence-electron chi connectivity index (χ2n) is 7.96. The minimum absolute atomic E-state index is 0.0814. The Bertz CT molecular complexity index is 1570. The molecule has 6 rings (SSSR count). The molecule has 1 aromatic carbocycles. The lowest BCUT2D eigenvalue weighted by molar-refractivity contribution is -0.0512. The Hall–Kier alpha value is -4.55. The Balaban J connectivity index is 1.52. The van der Waals surface area contributed by atoms with E-state index in [9.17, 15) is 8.78 Å². The molecule has 0 saturated carbocycles. The molecule has 1 atom stereocenters. The normalized spacial score (nSPS) is 14.6. The highest BCUT2D eigenvalue weighted by atomic mass is 19.3. The minimum Gasteiger partial charge on any atom is -0.493 e. The third kappa shape index (κ3) is 3.34. The molecule has 0 spiro atoms. The van der Waals surface area contributed by atoms with Gasteiger partial charge in [0.15, 0.2) is 23.0 Å². The maximum Gasteiger partial charge on any atom is 0.387 e. The summed E-state index contributed by atoms with van der Waals surface area (Å²) in [5.41, 5.74) is 4.41. The van der Waals surface area contributed by atoms with Crippen molar-refractivity contribution in [1.82, 2.24) is 39.6 Å². The number of nitrogens with zero attached hydrogens (tertiary/aromatic N) is 7. The van der Waals surface area contributed by atoms with E-state index < -0.39 is 6.61 Å². The van der Waals surface area contributed by atoms with Gasteiger partial charge in [-0.05, 0) is 25.1 Å². The standard InChI is InChI=1S/C22H18F2N8O3/c1-10-15-16(12-7-26-31(2)8-12)17-19-27-18(11-4-5-13(34-22(23)24)14(6-11)33-3)30-32(19)9-25-20(17)35-21(15)29-28-10/h4-9,16,22H,1-3H3,(H,28,29). The first-order valence-corrected chi connectivity index (χ1v) is 10.5. The van der Waals surface area contributed by atoms with Crippen molar-refractivity contribution in [3.8, 4) is 34.6 Å². The first kappa shape index (κ1) is 21.0. The smallest absolute Gasteiger partial charge is 0.387 e. The highest BCUT2D eigenvalue weighted by molar-refractivity contribution is 5.69. The van der Waals surface area contributed by atoms with E-state index in [1.807, 2.05) is 20.2 Å². The number of hydrogen-bond donors (Lipinski definition) is 1. The van der Waals surface area contributed by atoms with E-state index in [1.165, 1.54) is 19.5 Å². The zero-order chi connectivity index (χ0) is 24.3.